The number of hydrogen-bond acceptors (Lipinski definition) is 8. The number of carbonyl (C=O) groups is 2. The summed E-state index contributed by atoms with van der Waals surface area (Å²) in [4.78, 5) is 24.2. The molecule has 0 bridgehead atoms. The number of nitrogens with zero attached hydrogens (tertiary/aromatic N) is 2. The molecule has 0 aliphatic carbocycles. The van der Waals surface area contributed by atoms with Gasteiger partial charge in [0.1, 0.15) is 17.4 Å². The van der Waals surface area contributed by atoms with Crippen molar-refractivity contribution in [1.82, 2.24) is 15.5 Å². The number of benzene rings is 1. The maximum Gasteiger partial charge on any atom is 0.408 e. The van der Waals surface area contributed by atoms with E-state index in [0.29, 0.717) is 10.7 Å². The summed E-state index contributed by atoms with van der Waals surface area (Å²) in [5.74, 6) is -2.04. The molecule has 1 unspecified atom stereocenters. The quantitative estimate of drug-likeness (QED) is 0.624. The van der Waals surface area contributed by atoms with E-state index in [1.54, 1.807) is 52.8 Å². The maximum absolute atomic E-state index is 12.5. The number of aromatic nitrogens is 2. The van der Waals surface area contributed by atoms with Gasteiger partial charge in [0.2, 0.25) is 21.6 Å². The van der Waals surface area contributed by atoms with Gasteiger partial charge in [0.25, 0.3) is 0 Å². The largest absolute Gasteiger partial charge is 0.444 e. The van der Waals surface area contributed by atoms with Crippen molar-refractivity contribution in [2.24, 2.45) is 5.92 Å². The first-order valence-electron chi connectivity index (χ1n) is 9.38. The van der Waals surface area contributed by atoms with Gasteiger partial charge >= 0.3 is 11.3 Å². The number of nitrogens with one attached hydrogen (secondary N) is 2. The number of anilines is 1. The minimum Gasteiger partial charge on any atom is -0.444 e. The first-order chi connectivity index (χ1) is 14.3. The molecule has 0 aliphatic rings. The molecule has 2 rings (SSSR count). The van der Waals surface area contributed by atoms with E-state index < -0.39 is 44.5 Å². The van der Waals surface area contributed by atoms with Gasteiger partial charge in [-0.05, 0) is 44.9 Å². The Hall–Kier alpha value is -2.66. The van der Waals surface area contributed by atoms with Gasteiger partial charge in [-0.1, -0.05) is 36.6 Å². The van der Waals surface area contributed by atoms with Crippen LogP contribution in [0.15, 0.2) is 33.9 Å². The fourth-order valence-corrected chi connectivity index (χ4v) is 3.53. The van der Waals surface area contributed by atoms with Crippen LogP contribution in [-0.4, -0.2) is 42.0 Å². The molecule has 0 aliphatic heterocycles. The number of ether oxygens (including phenoxy) is 1. The molecule has 1 aromatic heterocycles. The van der Waals surface area contributed by atoms with Crippen LogP contribution in [0.2, 0.25) is 5.02 Å². The zero-order chi connectivity index (χ0) is 23.4. The molecule has 1 heterocycles. The molecule has 1 aromatic carbocycles. The fraction of sp³-hybridized carbons (Fsp3) is 0.474. The fourth-order valence-electron chi connectivity index (χ4n) is 2.42. The van der Waals surface area contributed by atoms with Crippen molar-refractivity contribution >= 4 is 39.1 Å². The molecule has 170 valence electrons. The lowest BCUT2D eigenvalue weighted by Gasteiger charge is -2.23. The van der Waals surface area contributed by atoms with Crippen molar-refractivity contribution in [3.8, 4) is 0 Å². The predicted molar refractivity (Wildman–Crippen MR) is 113 cm³/mol. The lowest BCUT2D eigenvalue weighted by atomic mass is 10.1. The highest BCUT2D eigenvalue weighted by Gasteiger charge is 2.31. The molecule has 0 saturated carbocycles. The van der Waals surface area contributed by atoms with Gasteiger partial charge in [0.15, 0.2) is 0 Å². The van der Waals surface area contributed by atoms with Crippen LogP contribution in [0.25, 0.3) is 0 Å². The number of hydrogen-bond donors (Lipinski definition) is 2. The van der Waals surface area contributed by atoms with Gasteiger partial charge in [-0.25, -0.2) is 13.2 Å². The topological polar surface area (TPSA) is 140 Å². The summed E-state index contributed by atoms with van der Waals surface area (Å²) in [5, 5.41) is 12.0. The van der Waals surface area contributed by atoms with Crippen molar-refractivity contribution < 1.29 is 27.2 Å². The Bertz CT molecular complexity index is 1050. The third-order valence-electron chi connectivity index (χ3n) is 3.72. The maximum atomic E-state index is 12.5. The number of alkyl carbamates (subject to hydrolysis) is 1. The van der Waals surface area contributed by atoms with Gasteiger partial charge in [-0.3, -0.25) is 4.79 Å². The van der Waals surface area contributed by atoms with Crippen molar-refractivity contribution in [1.29, 1.82) is 0 Å². The highest BCUT2D eigenvalue weighted by atomic mass is 35.5. The van der Waals surface area contributed by atoms with E-state index in [9.17, 15) is 18.0 Å². The van der Waals surface area contributed by atoms with Crippen molar-refractivity contribution in [3.05, 3.63) is 35.2 Å². The first kappa shape index (κ1) is 24.6. The summed E-state index contributed by atoms with van der Waals surface area (Å²) in [6, 6.07) is 5.49. The van der Waals surface area contributed by atoms with Crippen LogP contribution in [0, 0.1) is 5.92 Å². The van der Waals surface area contributed by atoms with Gasteiger partial charge in [0, 0.05) is 10.7 Å². The number of carbonyl (C=O) groups excluding carboxylic acids is 2. The van der Waals surface area contributed by atoms with E-state index >= 15 is 0 Å². The highest BCUT2D eigenvalue weighted by molar-refractivity contribution is 7.91. The molecule has 2 aromatic rings. The summed E-state index contributed by atoms with van der Waals surface area (Å²) < 4.78 is 35.5. The third kappa shape index (κ3) is 7.51. The molecule has 0 radical (unpaired) electrons. The van der Waals surface area contributed by atoms with Crippen molar-refractivity contribution in [3.63, 3.8) is 0 Å². The minimum atomic E-state index is -4.21. The lowest BCUT2D eigenvalue weighted by molar-refractivity contribution is -0.113. The van der Waals surface area contributed by atoms with Gasteiger partial charge in [0.05, 0.1) is 0 Å². The normalized spacial score (nSPS) is 13.0. The zero-order valence-corrected chi connectivity index (χ0v) is 19.4. The summed E-state index contributed by atoms with van der Waals surface area (Å²) in [6.07, 6.45) is -0.713. The van der Waals surface area contributed by atoms with Crippen LogP contribution in [0.1, 0.15) is 46.6 Å². The third-order valence-corrected chi connectivity index (χ3v) is 5.30. The molecule has 2 N–H and O–H groups in total. The monoisotopic (exact) mass is 472 g/mol. The zero-order valence-electron chi connectivity index (χ0n) is 17.8. The number of amides is 2. The second kappa shape index (κ2) is 9.65. The smallest absolute Gasteiger partial charge is 0.408 e. The molecule has 31 heavy (non-hydrogen) atoms. The van der Waals surface area contributed by atoms with Crippen molar-refractivity contribution in [2.45, 2.75) is 51.5 Å². The molecule has 10 nitrogen and oxygen atoms in total. The Morgan fingerprint density at radius 1 is 1.23 bits per heavy atom. The summed E-state index contributed by atoms with van der Waals surface area (Å²) in [6.45, 7) is 8.69. The molecule has 0 spiro atoms. The standard InChI is InChI=1S/C19H25ClN4O6S/c1-11(2)15(22-17(26)30-19(3,4)5)16-23-24-18(29-16)31(27,28)10-14(25)21-13-8-6-7-12(20)9-13/h6-9,11,15H,10H2,1-5H3,(H,21,25)(H,22,26). The Kier molecular flexibility index (Phi) is 7.66. The van der Waals surface area contributed by atoms with E-state index in [1.807, 2.05) is 0 Å². The molecule has 12 heteroatoms. The number of sulfone groups is 1. The first-order valence-corrected chi connectivity index (χ1v) is 11.4. The summed E-state index contributed by atoms with van der Waals surface area (Å²) in [5.41, 5.74) is -0.369. The van der Waals surface area contributed by atoms with Gasteiger partial charge < -0.3 is 19.8 Å². The Balaban J connectivity index is 2.12. The number of halogens is 1. The Labute approximate surface area is 185 Å². The summed E-state index contributed by atoms with van der Waals surface area (Å²) in [7, 11) is -4.21. The molecule has 0 saturated heterocycles. The van der Waals surface area contributed by atoms with E-state index in [0.717, 1.165) is 0 Å². The molecule has 2 amide bonds. The lowest BCUT2D eigenvalue weighted by Crippen LogP contribution is -2.37. The van der Waals surface area contributed by atoms with E-state index in [-0.39, 0.29) is 11.8 Å². The van der Waals surface area contributed by atoms with Crippen LogP contribution < -0.4 is 10.6 Å². The average molecular weight is 473 g/mol. The van der Waals surface area contributed by atoms with Crippen LogP contribution in [0.3, 0.4) is 0 Å². The SMILES string of the molecule is CC(C)C(NC(=O)OC(C)(C)C)c1nnc(S(=O)(=O)CC(=O)Nc2cccc(Cl)c2)o1. The second-order valence-electron chi connectivity index (χ2n) is 8.09. The summed E-state index contributed by atoms with van der Waals surface area (Å²) >= 11 is 5.84. The predicted octanol–water partition coefficient (Wildman–Crippen LogP) is 3.36. The highest BCUT2D eigenvalue weighted by Crippen LogP contribution is 2.23. The Morgan fingerprint density at radius 2 is 1.90 bits per heavy atom. The van der Waals surface area contributed by atoms with E-state index in [2.05, 4.69) is 20.8 Å². The van der Waals surface area contributed by atoms with Crippen LogP contribution in [0.4, 0.5) is 10.5 Å². The molecule has 1 atom stereocenters. The van der Waals surface area contributed by atoms with Crippen LogP contribution in [-0.2, 0) is 19.4 Å². The van der Waals surface area contributed by atoms with E-state index in [1.165, 1.54) is 6.07 Å². The van der Waals surface area contributed by atoms with Gasteiger partial charge in [-0.2, -0.15) is 0 Å². The average Bonchev–Trinajstić information content (AvgIpc) is 3.08. The second-order valence-corrected chi connectivity index (χ2v) is 10.4. The van der Waals surface area contributed by atoms with E-state index in [4.69, 9.17) is 20.8 Å². The van der Waals surface area contributed by atoms with Crippen molar-refractivity contribution in [2.75, 3.05) is 11.1 Å². The van der Waals surface area contributed by atoms with Crippen LogP contribution >= 0.6 is 11.6 Å². The van der Waals surface area contributed by atoms with Gasteiger partial charge in [-0.15, -0.1) is 5.10 Å². The molecule has 0 fully saturated rings. The molecular formula is C19H25ClN4O6S. The minimum absolute atomic E-state index is 0.116. The molecular weight excluding hydrogens is 448 g/mol. The Morgan fingerprint density at radius 3 is 2.48 bits per heavy atom. The number of rotatable bonds is 7. The van der Waals surface area contributed by atoms with Crippen LogP contribution in [0.5, 0.6) is 0 Å².